The number of carbonyl (C=O) groups is 1. The third-order valence-corrected chi connectivity index (χ3v) is 4.50. The molecule has 0 atom stereocenters. The number of hydrogen-bond acceptors (Lipinski definition) is 5. The number of amides is 1. The van der Waals surface area contributed by atoms with Crippen LogP contribution >= 0.6 is 0 Å². The van der Waals surface area contributed by atoms with Gasteiger partial charge in [-0.3, -0.25) is 4.79 Å². The van der Waals surface area contributed by atoms with Crippen molar-refractivity contribution in [2.45, 2.75) is 26.4 Å². The van der Waals surface area contributed by atoms with Gasteiger partial charge in [0.2, 0.25) is 0 Å². The van der Waals surface area contributed by atoms with Gasteiger partial charge in [0.1, 0.15) is 17.3 Å². The Balaban J connectivity index is 1.43. The van der Waals surface area contributed by atoms with Crippen LogP contribution in [0.2, 0.25) is 0 Å². The smallest absolute Gasteiger partial charge is 0.278 e. The molecule has 0 saturated carbocycles. The van der Waals surface area contributed by atoms with E-state index in [1.807, 2.05) is 56.3 Å². The standard InChI is InChI=1S/C22H22N4O2/c1-15(2)28-18-9-7-17(8-10-18)25-21-14-23-19(13-24-21)22(27)26-12-11-16-5-3-4-6-20(16)26/h3-10,13-15H,11-12H2,1-2H3,(H,24,25). The zero-order valence-corrected chi connectivity index (χ0v) is 15.9. The quantitative estimate of drug-likeness (QED) is 0.725. The summed E-state index contributed by atoms with van der Waals surface area (Å²) in [4.78, 5) is 23.2. The van der Waals surface area contributed by atoms with Gasteiger partial charge in [-0.05, 0) is 56.2 Å². The minimum absolute atomic E-state index is 0.126. The lowest BCUT2D eigenvalue weighted by Gasteiger charge is -2.16. The van der Waals surface area contributed by atoms with Gasteiger partial charge in [-0.2, -0.15) is 0 Å². The highest BCUT2D eigenvalue weighted by molar-refractivity contribution is 6.05. The van der Waals surface area contributed by atoms with Gasteiger partial charge in [0.25, 0.3) is 5.91 Å². The molecule has 0 spiro atoms. The number of nitrogens with one attached hydrogen (secondary N) is 1. The summed E-state index contributed by atoms with van der Waals surface area (Å²) in [6, 6.07) is 15.6. The van der Waals surface area contributed by atoms with Crippen LogP contribution in [-0.4, -0.2) is 28.5 Å². The molecule has 1 N–H and O–H groups in total. The lowest BCUT2D eigenvalue weighted by molar-refractivity contribution is 0.0984. The molecular formula is C22H22N4O2. The second-order valence-corrected chi connectivity index (χ2v) is 6.94. The van der Waals surface area contributed by atoms with Crippen molar-refractivity contribution in [1.82, 2.24) is 9.97 Å². The number of hydrogen-bond donors (Lipinski definition) is 1. The molecule has 1 aromatic heterocycles. The van der Waals surface area contributed by atoms with E-state index >= 15 is 0 Å². The van der Waals surface area contributed by atoms with Crippen LogP contribution in [0.3, 0.4) is 0 Å². The van der Waals surface area contributed by atoms with Gasteiger partial charge in [0.05, 0.1) is 18.5 Å². The Labute approximate surface area is 164 Å². The molecule has 2 heterocycles. The third-order valence-electron chi connectivity index (χ3n) is 4.50. The Kier molecular flexibility index (Phi) is 4.93. The van der Waals surface area contributed by atoms with Crippen LogP contribution in [0.5, 0.6) is 5.75 Å². The molecule has 28 heavy (non-hydrogen) atoms. The van der Waals surface area contributed by atoms with Gasteiger partial charge in [0.15, 0.2) is 0 Å². The number of rotatable bonds is 5. The number of nitrogens with zero attached hydrogens (tertiary/aromatic N) is 3. The lowest BCUT2D eigenvalue weighted by atomic mass is 10.2. The van der Waals surface area contributed by atoms with Crippen LogP contribution in [0.4, 0.5) is 17.2 Å². The second-order valence-electron chi connectivity index (χ2n) is 6.94. The molecular weight excluding hydrogens is 352 g/mol. The van der Waals surface area contributed by atoms with Gasteiger partial charge in [-0.15, -0.1) is 0 Å². The SMILES string of the molecule is CC(C)Oc1ccc(Nc2cnc(C(=O)N3CCc4ccccc43)cn2)cc1. The van der Waals surface area contributed by atoms with E-state index in [4.69, 9.17) is 4.74 Å². The average molecular weight is 374 g/mol. The Hall–Kier alpha value is -3.41. The van der Waals surface area contributed by atoms with E-state index in [1.165, 1.54) is 11.8 Å². The summed E-state index contributed by atoms with van der Waals surface area (Å²) < 4.78 is 5.64. The first kappa shape index (κ1) is 18.0. The van der Waals surface area contributed by atoms with Crippen molar-refractivity contribution in [1.29, 1.82) is 0 Å². The zero-order valence-electron chi connectivity index (χ0n) is 15.9. The molecule has 2 aromatic carbocycles. The summed E-state index contributed by atoms with van der Waals surface area (Å²) in [5.41, 5.74) is 3.35. The molecule has 0 fully saturated rings. The summed E-state index contributed by atoms with van der Waals surface area (Å²) in [5, 5.41) is 3.18. The molecule has 6 nitrogen and oxygen atoms in total. The molecule has 1 amide bonds. The van der Waals surface area contributed by atoms with Gasteiger partial charge in [0, 0.05) is 17.9 Å². The minimum Gasteiger partial charge on any atom is -0.491 e. The molecule has 1 aliphatic heterocycles. The van der Waals surface area contributed by atoms with Crippen molar-refractivity contribution in [2.24, 2.45) is 0 Å². The molecule has 0 unspecified atom stereocenters. The number of para-hydroxylation sites is 1. The number of carbonyl (C=O) groups excluding carboxylic acids is 1. The molecule has 1 aliphatic rings. The van der Waals surface area contributed by atoms with Crippen LogP contribution < -0.4 is 15.0 Å². The van der Waals surface area contributed by atoms with Gasteiger partial charge >= 0.3 is 0 Å². The Morgan fingerprint density at radius 2 is 1.86 bits per heavy atom. The fraction of sp³-hybridized carbons (Fsp3) is 0.227. The number of aromatic nitrogens is 2. The third kappa shape index (κ3) is 3.81. The Morgan fingerprint density at radius 1 is 1.07 bits per heavy atom. The summed E-state index contributed by atoms with van der Waals surface area (Å²) in [7, 11) is 0. The first-order valence-corrected chi connectivity index (χ1v) is 9.36. The second kappa shape index (κ2) is 7.68. The van der Waals surface area contributed by atoms with E-state index in [9.17, 15) is 4.79 Å². The summed E-state index contributed by atoms with van der Waals surface area (Å²) in [6.45, 7) is 4.65. The van der Waals surface area contributed by atoms with Gasteiger partial charge in [-0.1, -0.05) is 18.2 Å². The predicted molar refractivity (Wildman–Crippen MR) is 109 cm³/mol. The van der Waals surface area contributed by atoms with Crippen molar-refractivity contribution in [3.8, 4) is 5.75 Å². The van der Waals surface area contributed by atoms with Gasteiger partial charge in [-0.25, -0.2) is 9.97 Å². The van der Waals surface area contributed by atoms with E-state index in [2.05, 4.69) is 21.4 Å². The normalized spacial score (nSPS) is 12.8. The number of benzene rings is 2. The highest BCUT2D eigenvalue weighted by Crippen LogP contribution is 2.28. The average Bonchev–Trinajstić information content (AvgIpc) is 3.13. The van der Waals surface area contributed by atoms with Crippen molar-refractivity contribution in [3.63, 3.8) is 0 Å². The molecule has 0 saturated heterocycles. The zero-order chi connectivity index (χ0) is 19.5. The van der Waals surface area contributed by atoms with E-state index in [1.54, 1.807) is 11.1 Å². The fourth-order valence-corrected chi connectivity index (χ4v) is 3.23. The van der Waals surface area contributed by atoms with Crippen LogP contribution in [0.15, 0.2) is 60.9 Å². The first-order valence-electron chi connectivity index (χ1n) is 9.36. The number of ether oxygens (including phenoxy) is 1. The van der Waals surface area contributed by atoms with Crippen LogP contribution in [0.1, 0.15) is 29.9 Å². The van der Waals surface area contributed by atoms with E-state index in [0.29, 0.717) is 18.1 Å². The van der Waals surface area contributed by atoms with Crippen molar-refractivity contribution < 1.29 is 9.53 Å². The number of anilines is 3. The lowest BCUT2D eigenvalue weighted by Crippen LogP contribution is -2.29. The molecule has 6 heteroatoms. The first-order chi connectivity index (χ1) is 13.6. The fourth-order valence-electron chi connectivity index (χ4n) is 3.23. The topological polar surface area (TPSA) is 67.3 Å². The highest BCUT2D eigenvalue weighted by atomic mass is 16.5. The minimum atomic E-state index is -0.126. The van der Waals surface area contributed by atoms with E-state index in [0.717, 1.165) is 23.5 Å². The maximum atomic E-state index is 12.8. The van der Waals surface area contributed by atoms with Crippen LogP contribution in [0, 0.1) is 0 Å². The largest absolute Gasteiger partial charge is 0.491 e. The summed E-state index contributed by atoms with van der Waals surface area (Å²) in [5.74, 6) is 1.27. The Bertz CT molecular complexity index is 969. The summed E-state index contributed by atoms with van der Waals surface area (Å²) in [6.07, 6.45) is 4.10. The van der Waals surface area contributed by atoms with Crippen molar-refractivity contribution in [2.75, 3.05) is 16.8 Å². The number of fused-ring (bicyclic) bond motifs is 1. The van der Waals surface area contributed by atoms with Crippen LogP contribution in [-0.2, 0) is 6.42 Å². The molecule has 0 aliphatic carbocycles. The molecule has 142 valence electrons. The predicted octanol–water partition coefficient (Wildman–Crippen LogP) is 4.21. The molecule has 4 rings (SSSR count). The Morgan fingerprint density at radius 3 is 2.57 bits per heavy atom. The van der Waals surface area contributed by atoms with Gasteiger partial charge < -0.3 is 15.0 Å². The maximum Gasteiger partial charge on any atom is 0.278 e. The van der Waals surface area contributed by atoms with Crippen molar-refractivity contribution >= 4 is 23.1 Å². The highest BCUT2D eigenvalue weighted by Gasteiger charge is 2.26. The monoisotopic (exact) mass is 374 g/mol. The van der Waals surface area contributed by atoms with E-state index < -0.39 is 0 Å². The molecule has 0 bridgehead atoms. The van der Waals surface area contributed by atoms with Crippen LogP contribution in [0.25, 0.3) is 0 Å². The molecule has 3 aromatic rings. The maximum absolute atomic E-state index is 12.8. The van der Waals surface area contributed by atoms with E-state index in [-0.39, 0.29) is 12.0 Å². The molecule has 0 radical (unpaired) electrons. The van der Waals surface area contributed by atoms with Crippen molar-refractivity contribution in [3.05, 3.63) is 72.2 Å². The summed E-state index contributed by atoms with van der Waals surface area (Å²) >= 11 is 0.